The topological polar surface area (TPSA) is 95.0 Å². The minimum absolute atomic E-state index is 0.0997. The SMILES string of the molecule is C[C@H]1CN([C@@H](C)CO)C(=O)c2cccc(NC(=O)c3ccncc3)c2O[C@@H]1CN(C)Cc1cc(Cl)ccc1Cl. The van der Waals surface area contributed by atoms with Crippen LogP contribution in [0.25, 0.3) is 0 Å². The molecule has 206 valence electrons. The first-order valence-electron chi connectivity index (χ1n) is 12.7. The van der Waals surface area contributed by atoms with E-state index in [1.807, 2.05) is 27.0 Å². The lowest BCUT2D eigenvalue weighted by molar-refractivity contribution is 0.0343. The van der Waals surface area contributed by atoms with Crippen molar-refractivity contribution in [3.05, 3.63) is 87.7 Å². The summed E-state index contributed by atoms with van der Waals surface area (Å²) in [6, 6.07) is 13.3. The maximum absolute atomic E-state index is 13.7. The molecule has 0 fully saturated rings. The van der Waals surface area contributed by atoms with Gasteiger partial charge in [-0.2, -0.15) is 0 Å². The van der Waals surface area contributed by atoms with Gasteiger partial charge in [0.15, 0.2) is 5.75 Å². The predicted molar refractivity (Wildman–Crippen MR) is 153 cm³/mol. The molecule has 1 aliphatic rings. The highest BCUT2D eigenvalue weighted by Crippen LogP contribution is 2.35. The molecular formula is C29H32Cl2N4O4. The lowest BCUT2D eigenvalue weighted by Crippen LogP contribution is -2.49. The first-order valence-corrected chi connectivity index (χ1v) is 13.5. The third-order valence-corrected chi connectivity index (χ3v) is 7.43. The van der Waals surface area contributed by atoms with Crippen LogP contribution in [0.3, 0.4) is 0 Å². The largest absolute Gasteiger partial charge is 0.486 e. The van der Waals surface area contributed by atoms with Crippen molar-refractivity contribution in [3.63, 3.8) is 0 Å². The quantitative estimate of drug-likeness (QED) is 0.396. The van der Waals surface area contributed by atoms with Crippen molar-refractivity contribution >= 4 is 40.7 Å². The minimum atomic E-state index is -0.399. The van der Waals surface area contributed by atoms with Gasteiger partial charge in [0.25, 0.3) is 11.8 Å². The number of para-hydroxylation sites is 1. The van der Waals surface area contributed by atoms with Gasteiger partial charge in [-0.05, 0) is 62.0 Å². The lowest BCUT2D eigenvalue weighted by Gasteiger charge is -2.38. The van der Waals surface area contributed by atoms with Gasteiger partial charge in [0.1, 0.15) is 6.10 Å². The summed E-state index contributed by atoms with van der Waals surface area (Å²) < 4.78 is 6.57. The average Bonchev–Trinajstić information content (AvgIpc) is 2.93. The second kappa shape index (κ2) is 12.8. The van der Waals surface area contributed by atoms with Crippen molar-refractivity contribution in [1.29, 1.82) is 0 Å². The molecule has 1 aliphatic heterocycles. The van der Waals surface area contributed by atoms with Gasteiger partial charge in [0.2, 0.25) is 0 Å². The number of aromatic nitrogens is 1. The van der Waals surface area contributed by atoms with Gasteiger partial charge in [-0.3, -0.25) is 19.5 Å². The Morgan fingerprint density at radius 1 is 1.23 bits per heavy atom. The number of carbonyl (C=O) groups is 2. The number of anilines is 1. The number of nitrogens with zero attached hydrogens (tertiary/aromatic N) is 3. The molecule has 2 heterocycles. The molecule has 8 nitrogen and oxygen atoms in total. The molecule has 2 amide bonds. The number of hydrogen-bond donors (Lipinski definition) is 2. The number of aliphatic hydroxyl groups excluding tert-OH is 1. The highest BCUT2D eigenvalue weighted by atomic mass is 35.5. The zero-order valence-corrected chi connectivity index (χ0v) is 23.6. The molecule has 0 unspecified atom stereocenters. The Bertz CT molecular complexity index is 1320. The van der Waals surface area contributed by atoms with Gasteiger partial charge in [0.05, 0.1) is 23.9 Å². The fourth-order valence-electron chi connectivity index (χ4n) is 4.58. The van der Waals surface area contributed by atoms with Gasteiger partial charge >= 0.3 is 0 Å². The Balaban J connectivity index is 1.67. The number of halogens is 2. The monoisotopic (exact) mass is 570 g/mol. The highest BCUT2D eigenvalue weighted by molar-refractivity contribution is 6.33. The first kappa shape index (κ1) is 28.8. The van der Waals surface area contributed by atoms with Gasteiger partial charge in [-0.1, -0.05) is 36.2 Å². The van der Waals surface area contributed by atoms with E-state index in [0.29, 0.717) is 52.2 Å². The van der Waals surface area contributed by atoms with Crippen LogP contribution >= 0.6 is 23.2 Å². The van der Waals surface area contributed by atoms with E-state index < -0.39 is 6.04 Å². The number of amides is 2. The molecule has 2 aromatic carbocycles. The second-order valence-electron chi connectivity index (χ2n) is 9.93. The summed E-state index contributed by atoms with van der Waals surface area (Å²) in [5, 5.41) is 14.0. The third-order valence-electron chi connectivity index (χ3n) is 6.82. The second-order valence-corrected chi connectivity index (χ2v) is 10.8. The number of benzene rings is 2. The molecule has 4 rings (SSSR count). The summed E-state index contributed by atoms with van der Waals surface area (Å²) in [7, 11) is 1.96. The molecular weight excluding hydrogens is 539 g/mol. The van der Waals surface area contributed by atoms with Gasteiger partial charge in [0, 0.05) is 53.6 Å². The van der Waals surface area contributed by atoms with Gasteiger partial charge in [-0.25, -0.2) is 0 Å². The molecule has 39 heavy (non-hydrogen) atoms. The molecule has 1 aromatic heterocycles. The number of hydrogen-bond acceptors (Lipinski definition) is 6. The summed E-state index contributed by atoms with van der Waals surface area (Å²) in [5.74, 6) is -0.416. The number of rotatable bonds is 8. The van der Waals surface area contributed by atoms with Crippen LogP contribution in [0, 0.1) is 5.92 Å². The molecule has 0 saturated carbocycles. The van der Waals surface area contributed by atoms with E-state index >= 15 is 0 Å². The number of nitrogens with one attached hydrogen (secondary N) is 1. The standard InChI is InChI=1S/C29H32Cl2N4O4/c1-18-14-35(19(2)17-36)29(38)23-5-4-6-25(33-28(37)20-9-11-32-12-10-20)27(23)39-26(18)16-34(3)15-21-13-22(30)7-8-24(21)31/h4-13,18-19,26,36H,14-17H2,1-3H3,(H,33,37)/t18-,19-,26+/m0/s1. The summed E-state index contributed by atoms with van der Waals surface area (Å²) in [6.45, 7) is 5.08. The van der Waals surface area contributed by atoms with Crippen LogP contribution in [-0.2, 0) is 6.54 Å². The van der Waals surface area contributed by atoms with Crippen molar-refractivity contribution < 1.29 is 19.4 Å². The zero-order valence-electron chi connectivity index (χ0n) is 22.1. The number of aliphatic hydroxyl groups is 1. The van der Waals surface area contributed by atoms with E-state index in [1.54, 1.807) is 59.8 Å². The Morgan fingerprint density at radius 3 is 2.69 bits per heavy atom. The molecule has 10 heteroatoms. The highest BCUT2D eigenvalue weighted by Gasteiger charge is 2.34. The Labute approximate surface area is 238 Å². The van der Waals surface area contributed by atoms with Crippen LogP contribution < -0.4 is 10.1 Å². The zero-order chi connectivity index (χ0) is 28.1. The number of pyridine rings is 1. The number of ether oxygens (including phenoxy) is 1. The molecule has 3 atom stereocenters. The lowest BCUT2D eigenvalue weighted by atomic mass is 9.98. The van der Waals surface area contributed by atoms with Gasteiger partial charge in [-0.15, -0.1) is 0 Å². The van der Waals surface area contributed by atoms with E-state index in [2.05, 4.69) is 15.2 Å². The smallest absolute Gasteiger partial charge is 0.258 e. The number of fused-ring (bicyclic) bond motifs is 1. The van der Waals surface area contributed by atoms with Crippen LogP contribution in [0.4, 0.5) is 5.69 Å². The van der Waals surface area contributed by atoms with Crippen LogP contribution in [0.1, 0.15) is 40.1 Å². The van der Waals surface area contributed by atoms with Crippen LogP contribution in [-0.4, -0.2) is 70.6 Å². The fourth-order valence-corrected chi connectivity index (χ4v) is 4.96. The summed E-state index contributed by atoms with van der Waals surface area (Å²) in [5.41, 5.74) is 2.03. The molecule has 3 aromatic rings. The summed E-state index contributed by atoms with van der Waals surface area (Å²) >= 11 is 12.6. The van der Waals surface area contributed by atoms with Crippen LogP contribution in [0.5, 0.6) is 5.75 Å². The molecule has 0 bridgehead atoms. The molecule has 0 aliphatic carbocycles. The van der Waals surface area contributed by atoms with E-state index in [9.17, 15) is 14.7 Å². The first-order chi connectivity index (χ1) is 18.7. The molecule has 0 radical (unpaired) electrons. The Kier molecular flexibility index (Phi) is 9.45. The van der Waals surface area contributed by atoms with Gasteiger partial charge < -0.3 is 20.1 Å². The van der Waals surface area contributed by atoms with Crippen molar-refractivity contribution in [2.45, 2.75) is 32.5 Å². The third kappa shape index (κ3) is 6.89. The molecule has 2 N–H and O–H groups in total. The van der Waals surface area contributed by atoms with Crippen molar-refractivity contribution in [2.75, 3.05) is 32.1 Å². The average molecular weight is 572 g/mol. The maximum atomic E-state index is 13.7. The number of carbonyl (C=O) groups excluding carboxylic acids is 2. The normalized spacial score (nSPS) is 18.1. The summed E-state index contributed by atoms with van der Waals surface area (Å²) in [4.78, 5) is 34.4. The van der Waals surface area contributed by atoms with E-state index in [0.717, 1.165) is 5.56 Å². The van der Waals surface area contributed by atoms with E-state index in [-0.39, 0.29) is 30.4 Å². The van der Waals surface area contributed by atoms with Crippen molar-refractivity contribution in [3.8, 4) is 5.75 Å². The fraction of sp³-hybridized carbons (Fsp3) is 0.345. The molecule has 0 spiro atoms. The maximum Gasteiger partial charge on any atom is 0.258 e. The predicted octanol–water partition coefficient (Wildman–Crippen LogP) is 4.99. The van der Waals surface area contributed by atoms with Crippen LogP contribution in [0.15, 0.2) is 60.9 Å². The van der Waals surface area contributed by atoms with E-state index in [1.165, 1.54) is 0 Å². The van der Waals surface area contributed by atoms with Crippen molar-refractivity contribution in [1.82, 2.24) is 14.8 Å². The number of likely N-dealkylation sites (N-methyl/N-ethyl adjacent to an activating group) is 1. The van der Waals surface area contributed by atoms with Crippen LogP contribution in [0.2, 0.25) is 10.0 Å². The molecule has 0 saturated heterocycles. The summed E-state index contributed by atoms with van der Waals surface area (Å²) in [6.07, 6.45) is 2.73. The Morgan fingerprint density at radius 2 is 1.97 bits per heavy atom. The Hall–Kier alpha value is -3.17. The minimum Gasteiger partial charge on any atom is -0.486 e. The van der Waals surface area contributed by atoms with E-state index in [4.69, 9.17) is 27.9 Å². The van der Waals surface area contributed by atoms with Crippen molar-refractivity contribution in [2.24, 2.45) is 5.92 Å².